The van der Waals surface area contributed by atoms with Gasteiger partial charge in [-0.25, -0.2) is 0 Å². The summed E-state index contributed by atoms with van der Waals surface area (Å²) < 4.78 is 11.0. The van der Waals surface area contributed by atoms with Gasteiger partial charge in [0.05, 0.1) is 19.3 Å². The SMILES string of the molecule is COc1ccc(COC(C)(C)C(O)C(N)C(=O)N2CCCC2)cc1. The first-order valence-electron chi connectivity index (χ1n) is 8.34. The number of nitrogens with two attached hydrogens (primary N) is 1. The van der Waals surface area contributed by atoms with Crippen LogP contribution >= 0.6 is 0 Å². The summed E-state index contributed by atoms with van der Waals surface area (Å²) in [5, 5.41) is 10.5. The average molecular weight is 336 g/mol. The van der Waals surface area contributed by atoms with Crippen molar-refractivity contribution in [3.63, 3.8) is 0 Å². The number of rotatable bonds is 7. The number of amides is 1. The van der Waals surface area contributed by atoms with Crippen LogP contribution in [0.5, 0.6) is 5.75 Å². The van der Waals surface area contributed by atoms with Crippen LogP contribution in [0.15, 0.2) is 24.3 Å². The zero-order valence-corrected chi connectivity index (χ0v) is 14.7. The molecule has 2 rings (SSSR count). The van der Waals surface area contributed by atoms with Crippen molar-refractivity contribution in [2.45, 2.75) is 51.0 Å². The zero-order valence-electron chi connectivity index (χ0n) is 14.7. The van der Waals surface area contributed by atoms with E-state index in [1.807, 2.05) is 24.3 Å². The zero-order chi connectivity index (χ0) is 17.7. The number of carbonyl (C=O) groups excluding carboxylic acids is 1. The number of ether oxygens (including phenoxy) is 2. The number of aliphatic hydroxyl groups is 1. The van der Waals surface area contributed by atoms with Crippen LogP contribution in [0.1, 0.15) is 32.3 Å². The van der Waals surface area contributed by atoms with Crippen LogP contribution in [0.2, 0.25) is 0 Å². The van der Waals surface area contributed by atoms with E-state index in [0.29, 0.717) is 19.7 Å². The molecule has 0 spiro atoms. The third-order valence-corrected chi connectivity index (χ3v) is 4.53. The summed E-state index contributed by atoms with van der Waals surface area (Å²) in [6, 6.07) is 6.52. The Morgan fingerprint density at radius 2 is 1.88 bits per heavy atom. The predicted molar refractivity (Wildman–Crippen MR) is 91.7 cm³/mol. The molecule has 1 aromatic rings. The number of benzene rings is 1. The number of methoxy groups -OCH3 is 1. The van der Waals surface area contributed by atoms with Crippen LogP contribution in [0.3, 0.4) is 0 Å². The summed E-state index contributed by atoms with van der Waals surface area (Å²) in [7, 11) is 1.61. The highest BCUT2D eigenvalue weighted by molar-refractivity contribution is 5.82. The van der Waals surface area contributed by atoms with Gasteiger partial charge in [0, 0.05) is 13.1 Å². The molecule has 1 saturated heterocycles. The van der Waals surface area contributed by atoms with Crippen LogP contribution in [-0.2, 0) is 16.1 Å². The maximum atomic E-state index is 12.3. The van der Waals surface area contributed by atoms with Gasteiger partial charge in [-0.05, 0) is 44.4 Å². The molecule has 6 nitrogen and oxygen atoms in total. The number of hydrogen-bond acceptors (Lipinski definition) is 5. The lowest BCUT2D eigenvalue weighted by molar-refractivity contribution is -0.147. The Morgan fingerprint density at radius 1 is 1.29 bits per heavy atom. The number of hydrogen-bond donors (Lipinski definition) is 2. The molecular weight excluding hydrogens is 308 g/mol. The first-order valence-corrected chi connectivity index (χ1v) is 8.34. The van der Waals surface area contributed by atoms with E-state index >= 15 is 0 Å². The van der Waals surface area contributed by atoms with Gasteiger partial charge in [0.25, 0.3) is 0 Å². The molecule has 2 atom stereocenters. The second-order valence-corrected chi connectivity index (χ2v) is 6.74. The Labute approximate surface area is 143 Å². The average Bonchev–Trinajstić information content (AvgIpc) is 3.13. The number of aliphatic hydroxyl groups excluding tert-OH is 1. The molecule has 6 heteroatoms. The predicted octanol–water partition coefficient (Wildman–Crippen LogP) is 1.30. The molecule has 1 amide bonds. The molecule has 24 heavy (non-hydrogen) atoms. The lowest BCUT2D eigenvalue weighted by Gasteiger charge is -2.35. The van der Waals surface area contributed by atoms with Crippen LogP contribution < -0.4 is 10.5 Å². The molecule has 2 unspecified atom stereocenters. The molecule has 1 fully saturated rings. The van der Waals surface area contributed by atoms with Crippen molar-refractivity contribution >= 4 is 5.91 Å². The van der Waals surface area contributed by atoms with Gasteiger partial charge in [0.2, 0.25) is 5.91 Å². The molecule has 3 N–H and O–H groups in total. The highest BCUT2D eigenvalue weighted by Gasteiger charge is 2.39. The number of carbonyl (C=O) groups is 1. The van der Waals surface area contributed by atoms with Crippen molar-refractivity contribution in [1.29, 1.82) is 0 Å². The second-order valence-electron chi connectivity index (χ2n) is 6.74. The molecule has 1 aliphatic rings. The lowest BCUT2D eigenvalue weighted by atomic mass is 9.94. The maximum Gasteiger partial charge on any atom is 0.242 e. The summed E-state index contributed by atoms with van der Waals surface area (Å²) in [5.41, 5.74) is 6.01. The first-order chi connectivity index (χ1) is 11.3. The van der Waals surface area contributed by atoms with E-state index in [1.54, 1.807) is 25.9 Å². The Balaban J connectivity index is 1.93. The fraction of sp³-hybridized carbons (Fsp3) is 0.611. The fourth-order valence-electron chi connectivity index (χ4n) is 2.79. The van der Waals surface area contributed by atoms with Gasteiger partial charge < -0.3 is 25.2 Å². The topological polar surface area (TPSA) is 85.0 Å². The maximum absolute atomic E-state index is 12.3. The van der Waals surface area contributed by atoms with Gasteiger partial charge >= 0.3 is 0 Å². The quantitative estimate of drug-likeness (QED) is 0.784. The lowest BCUT2D eigenvalue weighted by Crippen LogP contribution is -2.57. The number of nitrogens with zero attached hydrogens (tertiary/aromatic N) is 1. The largest absolute Gasteiger partial charge is 0.497 e. The summed E-state index contributed by atoms with van der Waals surface area (Å²) in [6.07, 6.45) is 0.904. The Morgan fingerprint density at radius 3 is 2.42 bits per heavy atom. The molecule has 1 heterocycles. The molecule has 0 aromatic heterocycles. The highest BCUT2D eigenvalue weighted by atomic mass is 16.5. The summed E-state index contributed by atoms with van der Waals surface area (Å²) in [4.78, 5) is 14.1. The minimum absolute atomic E-state index is 0.207. The molecule has 0 bridgehead atoms. The highest BCUT2D eigenvalue weighted by Crippen LogP contribution is 2.22. The van der Waals surface area contributed by atoms with Gasteiger partial charge in [-0.15, -0.1) is 0 Å². The van der Waals surface area contributed by atoms with Crippen molar-refractivity contribution in [1.82, 2.24) is 4.90 Å². The molecule has 1 aliphatic heterocycles. The van der Waals surface area contributed by atoms with Gasteiger partial charge in [0.1, 0.15) is 17.9 Å². The van der Waals surface area contributed by atoms with Crippen LogP contribution in [0.25, 0.3) is 0 Å². The first kappa shape index (κ1) is 18.7. The van der Waals surface area contributed by atoms with E-state index in [2.05, 4.69) is 0 Å². The summed E-state index contributed by atoms with van der Waals surface area (Å²) in [5.74, 6) is 0.567. The van der Waals surface area contributed by atoms with Crippen molar-refractivity contribution in [3.05, 3.63) is 29.8 Å². The normalized spacial score (nSPS) is 17.6. The Bertz CT molecular complexity index is 538. The summed E-state index contributed by atoms with van der Waals surface area (Å²) >= 11 is 0. The molecule has 0 saturated carbocycles. The minimum Gasteiger partial charge on any atom is -0.497 e. The third kappa shape index (κ3) is 4.47. The van der Waals surface area contributed by atoms with E-state index in [0.717, 1.165) is 24.2 Å². The van der Waals surface area contributed by atoms with Crippen molar-refractivity contribution < 1.29 is 19.4 Å². The van der Waals surface area contributed by atoms with Crippen LogP contribution in [-0.4, -0.2) is 53.9 Å². The Kier molecular flexibility index (Phi) is 6.21. The minimum atomic E-state index is -1.08. The van der Waals surface area contributed by atoms with Gasteiger partial charge in [-0.2, -0.15) is 0 Å². The fourth-order valence-corrected chi connectivity index (χ4v) is 2.79. The molecule has 0 aliphatic carbocycles. The van der Waals surface area contributed by atoms with Crippen molar-refractivity contribution in [2.24, 2.45) is 5.73 Å². The molecule has 0 radical (unpaired) electrons. The standard InChI is InChI=1S/C18H28N2O4/c1-18(2,24-12-13-6-8-14(23-3)9-7-13)16(21)15(19)17(22)20-10-4-5-11-20/h6-9,15-16,21H,4-5,10-12,19H2,1-3H3. The smallest absolute Gasteiger partial charge is 0.242 e. The van der Waals surface area contributed by atoms with E-state index in [-0.39, 0.29) is 5.91 Å². The van der Waals surface area contributed by atoms with Crippen LogP contribution in [0, 0.1) is 0 Å². The molecular formula is C18H28N2O4. The van der Waals surface area contributed by atoms with Gasteiger partial charge in [-0.3, -0.25) is 4.79 Å². The number of likely N-dealkylation sites (tertiary alicyclic amines) is 1. The van der Waals surface area contributed by atoms with Crippen molar-refractivity contribution in [3.8, 4) is 5.75 Å². The monoisotopic (exact) mass is 336 g/mol. The van der Waals surface area contributed by atoms with Crippen LogP contribution in [0.4, 0.5) is 0 Å². The van der Waals surface area contributed by atoms with E-state index in [4.69, 9.17) is 15.2 Å². The van der Waals surface area contributed by atoms with Crippen molar-refractivity contribution in [2.75, 3.05) is 20.2 Å². The third-order valence-electron chi connectivity index (χ3n) is 4.53. The Hall–Kier alpha value is -1.63. The second kappa shape index (κ2) is 7.96. The van der Waals surface area contributed by atoms with Gasteiger partial charge in [0.15, 0.2) is 0 Å². The van der Waals surface area contributed by atoms with E-state index in [9.17, 15) is 9.90 Å². The van der Waals surface area contributed by atoms with E-state index < -0.39 is 17.7 Å². The van der Waals surface area contributed by atoms with Gasteiger partial charge in [-0.1, -0.05) is 12.1 Å². The van der Waals surface area contributed by atoms with E-state index in [1.165, 1.54) is 0 Å². The molecule has 1 aromatic carbocycles. The molecule has 134 valence electrons. The summed E-state index contributed by atoms with van der Waals surface area (Å²) in [6.45, 7) is 5.24.